The molecule has 0 fully saturated rings. The lowest BCUT2D eigenvalue weighted by molar-refractivity contribution is 0.0601. The highest BCUT2D eigenvalue weighted by Gasteiger charge is 2.20. The molecule has 3 aromatic carbocycles. The van der Waals surface area contributed by atoms with Gasteiger partial charge in [0.25, 0.3) is 5.91 Å². The highest BCUT2D eigenvalue weighted by atomic mass is 16.5. The molecular formula is C26H27NO8. The highest BCUT2D eigenvalue weighted by molar-refractivity contribution is 6.08. The standard InChI is InChI=1S/C26H27NO8/c1-30-18-7-6-8-19(12-18)35-15-17-11-16(9-10-22(17)31-2)25(28)27-21-14-24(33-4)23(32-3)13-20(21)26(29)34-5/h6-14H,15H2,1-5H3,(H,27,28). The summed E-state index contributed by atoms with van der Waals surface area (Å²) < 4.78 is 31.9. The third kappa shape index (κ3) is 5.94. The van der Waals surface area contributed by atoms with Crippen LogP contribution in [0.15, 0.2) is 54.6 Å². The van der Waals surface area contributed by atoms with E-state index >= 15 is 0 Å². The van der Waals surface area contributed by atoms with Crippen molar-refractivity contribution in [2.45, 2.75) is 6.61 Å². The van der Waals surface area contributed by atoms with E-state index < -0.39 is 11.9 Å². The molecule has 0 aliphatic rings. The van der Waals surface area contributed by atoms with Gasteiger partial charge in [-0.25, -0.2) is 4.79 Å². The second-order valence-corrected chi connectivity index (χ2v) is 7.19. The van der Waals surface area contributed by atoms with Gasteiger partial charge in [0, 0.05) is 29.3 Å². The summed E-state index contributed by atoms with van der Waals surface area (Å²) in [5, 5.41) is 2.75. The molecule has 0 heterocycles. The van der Waals surface area contributed by atoms with E-state index in [4.69, 9.17) is 28.4 Å². The second kappa shape index (κ2) is 11.6. The Morgan fingerprint density at radius 3 is 2.09 bits per heavy atom. The average molecular weight is 482 g/mol. The second-order valence-electron chi connectivity index (χ2n) is 7.19. The van der Waals surface area contributed by atoms with Gasteiger partial charge in [0.1, 0.15) is 23.9 Å². The first kappa shape index (κ1) is 25.2. The molecule has 1 N–H and O–H groups in total. The maximum atomic E-state index is 13.1. The minimum absolute atomic E-state index is 0.119. The number of benzene rings is 3. The van der Waals surface area contributed by atoms with E-state index in [9.17, 15) is 9.59 Å². The van der Waals surface area contributed by atoms with Crippen molar-refractivity contribution >= 4 is 17.6 Å². The molecule has 1 amide bonds. The Balaban J connectivity index is 1.87. The quantitative estimate of drug-likeness (QED) is 0.427. The molecule has 3 aromatic rings. The van der Waals surface area contributed by atoms with Crippen LogP contribution in [0.4, 0.5) is 5.69 Å². The first-order valence-corrected chi connectivity index (χ1v) is 10.5. The van der Waals surface area contributed by atoms with Crippen molar-refractivity contribution < 1.29 is 38.0 Å². The number of carbonyl (C=O) groups is 2. The van der Waals surface area contributed by atoms with Crippen LogP contribution in [0.2, 0.25) is 0 Å². The van der Waals surface area contributed by atoms with Gasteiger partial charge in [-0.3, -0.25) is 4.79 Å². The van der Waals surface area contributed by atoms with Crippen molar-refractivity contribution in [3.05, 3.63) is 71.3 Å². The van der Waals surface area contributed by atoms with Gasteiger partial charge >= 0.3 is 5.97 Å². The molecule has 3 rings (SSSR count). The number of methoxy groups -OCH3 is 5. The van der Waals surface area contributed by atoms with Crippen LogP contribution in [0.1, 0.15) is 26.3 Å². The van der Waals surface area contributed by atoms with E-state index in [2.05, 4.69) is 5.32 Å². The number of ether oxygens (including phenoxy) is 6. The van der Waals surface area contributed by atoms with Crippen molar-refractivity contribution in [1.29, 1.82) is 0 Å². The SMILES string of the molecule is COC(=O)c1cc(OC)c(OC)cc1NC(=O)c1ccc(OC)c(COc2cccc(OC)c2)c1. The summed E-state index contributed by atoms with van der Waals surface area (Å²) in [4.78, 5) is 25.4. The molecule has 0 aromatic heterocycles. The van der Waals surface area contributed by atoms with Crippen LogP contribution in [-0.2, 0) is 11.3 Å². The zero-order valence-corrected chi connectivity index (χ0v) is 20.2. The average Bonchev–Trinajstić information content (AvgIpc) is 2.90. The fraction of sp³-hybridized carbons (Fsp3) is 0.231. The van der Waals surface area contributed by atoms with Gasteiger partial charge in [0.15, 0.2) is 11.5 Å². The maximum absolute atomic E-state index is 13.1. The molecule has 35 heavy (non-hydrogen) atoms. The summed E-state index contributed by atoms with van der Waals surface area (Å²) in [5.74, 6) is 1.42. The maximum Gasteiger partial charge on any atom is 0.340 e. The lowest BCUT2D eigenvalue weighted by Gasteiger charge is -2.16. The molecule has 0 saturated carbocycles. The molecule has 9 heteroatoms. The van der Waals surface area contributed by atoms with Crippen LogP contribution in [0.5, 0.6) is 28.7 Å². The molecule has 9 nitrogen and oxygen atoms in total. The summed E-state index contributed by atoms with van der Waals surface area (Å²) in [6.45, 7) is 0.154. The summed E-state index contributed by atoms with van der Waals surface area (Å²) in [5.41, 5.74) is 1.32. The largest absolute Gasteiger partial charge is 0.497 e. The van der Waals surface area contributed by atoms with E-state index in [1.165, 1.54) is 40.6 Å². The monoisotopic (exact) mass is 481 g/mol. The van der Waals surface area contributed by atoms with Crippen molar-refractivity contribution in [1.82, 2.24) is 0 Å². The summed E-state index contributed by atoms with van der Waals surface area (Å²) in [6.07, 6.45) is 0. The van der Waals surface area contributed by atoms with Gasteiger partial charge in [-0.05, 0) is 30.3 Å². The first-order valence-electron chi connectivity index (χ1n) is 10.5. The minimum atomic E-state index is -0.636. The third-order valence-corrected chi connectivity index (χ3v) is 5.16. The number of amides is 1. The number of hydrogen-bond donors (Lipinski definition) is 1. The number of rotatable bonds is 10. The smallest absolute Gasteiger partial charge is 0.340 e. The van der Waals surface area contributed by atoms with Gasteiger partial charge in [0.05, 0.1) is 46.8 Å². The Labute approximate surface area is 203 Å². The number of hydrogen-bond acceptors (Lipinski definition) is 8. The van der Waals surface area contributed by atoms with Crippen molar-refractivity contribution in [3.63, 3.8) is 0 Å². The molecule has 0 radical (unpaired) electrons. The molecule has 0 saturated heterocycles. The molecule has 0 spiro atoms. The number of anilines is 1. The Bertz CT molecular complexity index is 1210. The molecule has 0 bridgehead atoms. The van der Waals surface area contributed by atoms with Crippen molar-refractivity contribution in [2.75, 3.05) is 40.9 Å². The summed E-state index contributed by atoms with van der Waals surface area (Å²) in [6, 6.07) is 15.1. The number of carbonyl (C=O) groups excluding carboxylic acids is 2. The van der Waals surface area contributed by atoms with Crippen LogP contribution in [-0.4, -0.2) is 47.4 Å². The first-order chi connectivity index (χ1) is 16.9. The third-order valence-electron chi connectivity index (χ3n) is 5.16. The van der Waals surface area contributed by atoms with Crippen LogP contribution < -0.4 is 29.0 Å². The van der Waals surface area contributed by atoms with E-state index in [-0.39, 0.29) is 17.9 Å². The van der Waals surface area contributed by atoms with Gasteiger partial charge in [0.2, 0.25) is 0 Å². The van der Waals surface area contributed by atoms with Crippen LogP contribution in [0.25, 0.3) is 0 Å². The van der Waals surface area contributed by atoms with Crippen molar-refractivity contribution in [2.24, 2.45) is 0 Å². The number of esters is 1. The normalized spacial score (nSPS) is 10.2. The lowest BCUT2D eigenvalue weighted by Crippen LogP contribution is -2.16. The predicted molar refractivity (Wildman–Crippen MR) is 129 cm³/mol. The lowest BCUT2D eigenvalue weighted by atomic mass is 10.1. The Morgan fingerprint density at radius 1 is 0.743 bits per heavy atom. The molecule has 0 aliphatic carbocycles. The fourth-order valence-corrected chi connectivity index (χ4v) is 3.34. The predicted octanol–water partition coefficient (Wildman–Crippen LogP) is 4.34. The molecule has 184 valence electrons. The summed E-state index contributed by atoms with van der Waals surface area (Å²) in [7, 11) is 7.27. The summed E-state index contributed by atoms with van der Waals surface area (Å²) >= 11 is 0. The Hall–Kier alpha value is -4.40. The van der Waals surface area contributed by atoms with Crippen LogP contribution in [0, 0.1) is 0 Å². The minimum Gasteiger partial charge on any atom is -0.497 e. The van der Waals surface area contributed by atoms with E-state index in [1.54, 1.807) is 37.4 Å². The highest BCUT2D eigenvalue weighted by Crippen LogP contribution is 2.34. The van der Waals surface area contributed by atoms with Crippen LogP contribution >= 0.6 is 0 Å². The molecule has 0 atom stereocenters. The molecule has 0 aliphatic heterocycles. The molecule has 0 unspecified atom stereocenters. The molecular weight excluding hydrogens is 454 g/mol. The zero-order chi connectivity index (χ0) is 25.4. The van der Waals surface area contributed by atoms with Gasteiger partial charge in [-0.1, -0.05) is 6.07 Å². The van der Waals surface area contributed by atoms with E-state index in [0.717, 1.165) is 0 Å². The van der Waals surface area contributed by atoms with Gasteiger partial charge < -0.3 is 33.7 Å². The van der Waals surface area contributed by atoms with Crippen molar-refractivity contribution in [3.8, 4) is 28.7 Å². The van der Waals surface area contributed by atoms with Gasteiger partial charge in [-0.15, -0.1) is 0 Å². The number of nitrogens with one attached hydrogen (secondary N) is 1. The zero-order valence-electron chi connectivity index (χ0n) is 20.2. The Morgan fingerprint density at radius 2 is 1.43 bits per heavy atom. The Kier molecular flexibility index (Phi) is 8.39. The fourth-order valence-electron chi connectivity index (χ4n) is 3.34. The van der Waals surface area contributed by atoms with Gasteiger partial charge in [-0.2, -0.15) is 0 Å². The van der Waals surface area contributed by atoms with Crippen LogP contribution in [0.3, 0.4) is 0 Å². The van der Waals surface area contributed by atoms with E-state index in [0.29, 0.717) is 39.9 Å². The topological polar surface area (TPSA) is 102 Å². The van der Waals surface area contributed by atoms with E-state index in [1.807, 2.05) is 12.1 Å².